The SMILES string of the molecule is CN(C)C(=O)c1ccc(N(C)c2ccc(CN)cc2)nc1. The molecular weight excluding hydrogens is 264 g/mol. The monoisotopic (exact) mass is 284 g/mol. The number of nitrogens with zero attached hydrogens (tertiary/aromatic N) is 3. The van der Waals surface area contributed by atoms with Crippen molar-refractivity contribution in [3.63, 3.8) is 0 Å². The third-order valence-electron chi connectivity index (χ3n) is 3.30. The van der Waals surface area contributed by atoms with Crippen molar-refractivity contribution in [1.82, 2.24) is 9.88 Å². The topological polar surface area (TPSA) is 62.5 Å². The molecule has 0 aliphatic heterocycles. The van der Waals surface area contributed by atoms with E-state index in [0.717, 1.165) is 17.1 Å². The summed E-state index contributed by atoms with van der Waals surface area (Å²) in [6, 6.07) is 11.6. The number of amides is 1. The molecule has 1 heterocycles. The zero-order chi connectivity index (χ0) is 15.4. The fraction of sp³-hybridized carbons (Fsp3) is 0.250. The molecule has 0 aliphatic rings. The molecule has 2 N–H and O–H groups in total. The van der Waals surface area contributed by atoms with E-state index in [1.165, 1.54) is 4.90 Å². The highest BCUT2D eigenvalue weighted by molar-refractivity contribution is 5.93. The van der Waals surface area contributed by atoms with Gasteiger partial charge in [0, 0.05) is 39.6 Å². The molecule has 1 amide bonds. The van der Waals surface area contributed by atoms with E-state index in [-0.39, 0.29) is 5.91 Å². The number of hydrogen-bond acceptors (Lipinski definition) is 4. The lowest BCUT2D eigenvalue weighted by Gasteiger charge is -2.19. The van der Waals surface area contributed by atoms with Crippen LogP contribution in [0.1, 0.15) is 15.9 Å². The molecule has 5 heteroatoms. The van der Waals surface area contributed by atoms with Crippen LogP contribution in [0.25, 0.3) is 0 Å². The Hall–Kier alpha value is -2.40. The predicted molar refractivity (Wildman–Crippen MR) is 84.7 cm³/mol. The molecule has 5 nitrogen and oxygen atoms in total. The number of nitrogens with two attached hydrogens (primary N) is 1. The lowest BCUT2D eigenvalue weighted by atomic mass is 10.2. The molecule has 0 atom stereocenters. The number of rotatable bonds is 4. The van der Waals surface area contributed by atoms with Gasteiger partial charge in [0.25, 0.3) is 5.91 Å². The van der Waals surface area contributed by atoms with Gasteiger partial charge in [0.1, 0.15) is 5.82 Å². The molecule has 0 radical (unpaired) electrons. The van der Waals surface area contributed by atoms with Crippen LogP contribution in [-0.2, 0) is 6.54 Å². The summed E-state index contributed by atoms with van der Waals surface area (Å²) in [5.74, 6) is 0.731. The van der Waals surface area contributed by atoms with E-state index < -0.39 is 0 Å². The van der Waals surface area contributed by atoms with Crippen molar-refractivity contribution < 1.29 is 4.79 Å². The Morgan fingerprint density at radius 1 is 1.10 bits per heavy atom. The molecule has 0 spiro atoms. The number of hydrogen-bond donors (Lipinski definition) is 1. The average molecular weight is 284 g/mol. The normalized spacial score (nSPS) is 10.3. The number of carbonyl (C=O) groups excluding carboxylic acids is 1. The van der Waals surface area contributed by atoms with Crippen LogP contribution < -0.4 is 10.6 Å². The van der Waals surface area contributed by atoms with Crippen LogP contribution in [-0.4, -0.2) is 36.9 Å². The van der Waals surface area contributed by atoms with E-state index in [1.54, 1.807) is 26.4 Å². The third-order valence-corrected chi connectivity index (χ3v) is 3.30. The van der Waals surface area contributed by atoms with Crippen LogP contribution in [0.3, 0.4) is 0 Å². The van der Waals surface area contributed by atoms with Gasteiger partial charge in [-0.25, -0.2) is 4.98 Å². The summed E-state index contributed by atoms with van der Waals surface area (Å²) in [7, 11) is 5.38. The van der Waals surface area contributed by atoms with E-state index in [2.05, 4.69) is 4.98 Å². The molecule has 21 heavy (non-hydrogen) atoms. The van der Waals surface area contributed by atoms with Gasteiger partial charge in [0.2, 0.25) is 0 Å². The van der Waals surface area contributed by atoms with Gasteiger partial charge in [0.05, 0.1) is 5.56 Å². The molecule has 0 saturated heterocycles. The minimum absolute atomic E-state index is 0.0519. The van der Waals surface area contributed by atoms with Gasteiger partial charge in [-0.15, -0.1) is 0 Å². The van der Waals surface area contributed by atoms with Crippen LogP contribution in [0.5, 0.6) is 0 Å². The maximum absolute atomic E-state index is 11.8. The Kier molecular flexibility index (Phi) is 4.55. The number of anilines is 2. The fourth-order valence-electron chi connectivity index (χ4n) is 1.96. The highest BCUT2D eigenvalue weighted by Crippen LogP contribution is 2.22. The van der Waals surface area contributed by atoms with Crippen molar-refractivity contribution in [2.75, 3.05) is 26.0 Å². The first-order valence-electron chi connectivity index (χ1n) is 6.73. The molecule has 0 bridgehead atoms. The molecule has 0 fully saturated rings. The van der Waals surface area contributed by atoms with Gasteiger partial charge in [-0.3, -0.25) is 4.79 Å². The molecule has 2 rings (SSSR count). The number of pyridine rings is 1. The van der Waals surface area contributed by atoms with Crippen molar-refractivity contribution in [2.24, 2.45) is 5.73 Å². The van der Waals surface area contributed by atoms with Crippen molar-refractivity contribution in [3.8, 4) is 0 Å². The van der Waals surface area contributed by atoms with Crippen molar-refractivity contribution >= 4 is 17.4 Å². The quantitative estimate of drug-likeness (QED) is 0.933. The minimum Gasteiger partial charge on any atom is -0.345 e. The van der Waals surface area contributed by atoms with Crippen LogP contribution >= 0.6 is 0 Å². The second kappa shape index (κ2) is 6.37. The molecular formula is C16H20N4O. The maximum Gasteiger partial charge on any atom is 0.254 e. The first kappa shape index (κ1) is 15.0. The van der Waals surface area contributed by atoms with Crippen molar-refractivity contribution in [1.29, 1.82) is 0 Å². The smallest absolute Gasteiger partial charge is 0.254 e. The molecule has 1 aromatic heterocycles. The predicted octanol–water partition coefficient (Wildman–Crippen LogP) is 2.01. The molecule has 0 saturated carbocycles. The Balaban J connectivity index is 2.19. The third kappa shape index (κ3) is 3.38. The maximum atomic E-state index is 11.8. The molecule has 110 valence electrons. The summed E-state index contributed by atoms with van der Waals surface area (Å²) in [6.07, 6.45) is 1.60. The minimum atomic E-state index is -0.0519. The Morgan fingerprint density at radius 3 is 2.24 bits per heavy atom. The van der Waals surface area contributed by atoms with Gasteiger partial charge in [-0.05, 0) is 29.8 Å². The average Bonchev–Trinajstić information content (AvgIpc) is 2.53. The Labute approximate surface area is 125 Å². The molecule has 0 unspecified atom stereocenters. The van der Waals surface area contributed by atoms with Gasteiger partial charge < -0.3 is 15.5 Å². The number of benzene rings is 1. The summed E-state index contributed by atoms with van der Waals surface area (Å²) in [5.41, 5.74) is 8.28. The number of carbonyl (C=O) groups is 1. The zero-order valence-electron chi connectivity index (χ0n) is 12.6. The lowest BCUT2D eigenvalue weighted by molar-refractivity contribution is 0.0827. The summed E-state index contributed by atoms with van der Waals surface area (Å²) in [6.45, 7) is 0.531. The van der Waals surface area contributed by atoms with Crippen LogP contribution in [0.15, 0.2) is 42.6 Å². The Morgan fingerprint density at radius 2 is 1.76 bits per heavy atom. The van der Waals surface area contributed by atoms with E-state index >= 15 is 0 Å². The highest BCUT2D eigenvalue weighted by Gasteiger charge is 2.10. The van der Waals surface area contributed by atoms with E-state index in [1.807, 2.05) is 42.3 Å². The molecule has 0 aliphatic carbocycles. The molecule has 2 aromatic rings. The van der Waals surface area contributed by atoms with Crippen LogP contribution in [0.4, 0.5) is 11.5 Å². The summed E-state index contributed by atoms with van der Waals surface area (Å²) < 4.78 is 0. The summed E-state index contributed by atoms with van der Waals surface area (Å²) in [4.78, 5) is 19.7. The Bertz CT molecular complexity index is 605. The lowest BCUT2D eigenvalue weighted by Crippen LogP contribution is -2.22. The second-order valence-electron chi connectivity index (χ2n) is 5.03. The van der Waals surface area contributed by atoms with Crippen molar-refractivity contribution in [3.05, 3.63) is 53.7 Å². The first-order valence-corrected chi connectivity index (χ1v) is 6.73. The molecule has 1 aromatic carbocycles. The fourth-order valence-corrected chi connectivity index (χ4v) is 1.96. The standard InChI is InChI=1S/C16H20N4O/c1-19(2)16(21)13-6-9-15(18-11-13)20(3)14-7-4-12(10-17)5-8-14/h4-9,11H,10,17H2,1-3H3. The van der Waals surface area contributed by atoms with Crippen molar-refractivity contribution in [2.45, 2.75) is 6.54 Å². The zero-order valence-corrected chi connectivity index (χ0v) is 12.6. The largest absolute Gasteiger partial charge is 0.345 e. The second-order valence-corrected chi connectivity index (χ2v) is 5.03. The van der Waals surface area contributed by atoms with Gasteiger partial charge in [-0.2, -0.15) is 0 Å². The first-order chi connectivity index (χ1) is 10.0. The number of aromatic nitrogens is 1. The highest BCUT2D eigenvalue weighted by atomic mass is 16.2. The van der Waals surface area contributed by atoms with Gasteiger partial charge in [-0.1, -0.05) is 12.1 Å². The van der Waals surface area contributed by atoms with E-state index in [0.29, 0.717) is 12.1 Å². The van der Waals surface area contributed by atoms with E-state index in [4.69, 9.17) is 5.73 Å². The van der Waals surface area contributed by atoms with Gasteiger partial charge >= 0.3 is 0 Å². The van der Waals surface area contributed by atoms with Gasteiger partial charge in [0.15, 0.2) is 0 Å². The van der Waals surface area contributed by atoms with Crippen LogP contribution in [0, 0.1) is 0 Å². The summed E-state index contributed by atoms with van der Waals surface area (Å²) >= 11 is 0. The van der Waals surface area contributed by atoms with Crippen LogP contribution in [0.2, 0.25) is 0 Å². The summed E-state index contributed by atoms with van der Waals surface area (Å²) in [5, 5.41) is 0. The van der Waals surface area contributed by atoms with E-state index in [9.17, 15) is 4.79 Å².